The van der Waals surface area contributed by atoms with Crippen LogP contribution < -0.4 is 0 Å². The van der Waals surface area contributed by atoms with Crippen molar-refractivity contribution in [1.29, 1.82) is 0 Å². The van der Waals surface area contributed by atoms with E-state index in [-0.39, 0.29) is 17.3 Å². The molecular formula is C17H21ClO4Si. The molecule has 0 bridgehead atoms. The number of hydrogen-bond donors (Lipinski definition) is 0. The maximum absolute atomic E-state index is 11.8. The molecule has 0 amide bonds. The molecule has 0 aliphatic heterocycles. The largest absolute Gasteiger partial charge is 0.511 e. The summed E-state index contributed by atoms with van der Waals surface area (Å²) in [6.45, 7) is 8.79. The summed E-state index contributed by atoms with van der Waals surface area (Å²) >= 11 is 6.21. The van der Waals surface area contributed by atoms with Crippen LogP contribution in [-0.2, 0) is 18.8 Å². The molecule has 0 N–H and O–H groups in total. The lowest BCUT2D eigenvalue weighted by Crippen LogP contribution is -2.54. The maximum atomic E-state index is 11.8. The van der Waals surface area contributed by atoms with Crippen LogP contribution in [0.4, 0.5) is 0 Å². The second-order valence-corrected chi connectivity index (χ2v) is 9.40. The molecule has 23 heavy (non-hydrogen) atoms. The molecule has 0 radical (unpaired) electrons. The van der Waals surface area contributed by atoms with Crippen molar-refractivity contribution in [3.8, 4) is 0 Å². The first-order valence-corrected chi connectivity index (χ1v) is 10.2. The van der Waals surface area contributed by atoms with Crippen molar-refractivity contribution < 1.29 is 18.8 Å². The van der Waals surface area contributed by atoms with Gasteiger partial charge < -0.3 is 9.16 Å². The molecule has 2 unspecified atom stereocenters. The van der Waals surface area contributed by atoms with Crippen LogP contribution in [0.15, 0.2) is 55.6 Å². The molecule has 6 heteroatoms. The van der Waals surface area contributed by atoms with Gasteiger partial charge in [0.15, 0.2) is 0 Å². The first-order chi connectivity index (χ1) is 11.0. The summed E-state index contributed by atoms with van der Waals surface area (Å²) in [5.74, 6) is -1.12. The molecule has 0 saturated carbocycles. The van der Waals surface area contributed by atoms with Crippen LogP contribution >= 0.6 is 11.6 Å². The van der Waals surface area contributed by atoms with Crippen molar-refractivity contribution in [2.75, 3.05) is 11.7 Å². The number of alkyl halides is 1. The fourth-order valence-corrected chi connectivity index (χ4v) is 6.54. The number of halogens is 1. The Morgan fingerprint density at radius 3 is 2.30 bits per heavy atom. The predicted octanol–water partition coefficient (Wildman–Crippen LogP) is 3.44. The number of rotatable bonds is 9. The van der Waals surface area contributed by atoms with Crippen LogP contribution in [0.1, 0.15) is 24.4 Å². The Bertz CT molecular complexity index is 561. The molecule has 4 nitrogen and oxygen atoms in total. The predicted molar refractivity (Wildman–Crippen MR) is 93.4 cm³/mol. The molecule has 1 aromatic carbocycles. The molecule has 0 fully saturated rings. The first kappa shape index (κ1) is 19.2. The van der Waals surface area contributed by atoms with Crippen LogP contribution in [-0.4, -0.2) is 32.0 Å². The molecule has 0 aromatic heterocycles. The zero-order valence-corrected chi connectivity index (χ0v) is 14.9. The second kappa shape index (κ2) is 9.32. The SMILES string of the molecule is C=CC(=O)OC[Si](CCl)(OC(=O)C=C)C(CC)c1ccccc1. The third kappa shape index (κ3) is 5.08. The quantitative estimate of drug-likeness (QED) is 0.295. The molecule has 2 atom stereocenters. The van der Waals surface area contributed by atoms with Gasteiger partial charge in [-0.05, 0) is 12.0 Å². The lowest BCUT2D eigenvalue weighted by molar-refractivity contribution is -0.138. The van der Waals surface area contributed by atoms with Crippen molar-refractivity contribution in [3.63, 3.8) is 0 Å². The van der Waals surface area contributed by atoms with Crippen molar-refractivity contribution in [1.82, 2.24) is 0 Å². The number of ether oxygens (including phenoxy) is 1. The van der Waals surface area contributed by atoms with Gasteiger partial charge in [0.2, 0.25) is 0 Å². The van der Waals surface area contributed by atoms with E-state index >= 15 is 0 Å². The smallest absolute Gasteiger partial charge is 0.329 e. The topological polar surface area (TPSA) is 52.6 Å². The molecule has 1 rings (SSSR count). The van der Waals surface area contributed by atoms with E-state index in [4.69, 9.17) is 20.8 Å². The fourth-order valence-electron chi connectivity index (χ4n) is 2.45. The van der Waals surface area contributed by atoms with Crippen molar-refractivity contribution in [2.24, 2.45) is 0 Å². The van der Waals surface area contributed by atoms with Gasteiger partial charge >= 0.3 is 20.3 Å². The first-order valence-electron chi connectivity index (χ1n) is 7.28. The third-order valence-electron chi connectivity index (χ3n) is 3.57. The number of carbonyl (C=O) groups excluding carboxylic acids is 2. The monoisotopic (exact) mass is 352 g/mol. The van der Waals surface area contributed by atoms with Gasteiger partial charge in [-0.25, -0.2) is 9.59 Å². The highest BCUT2D eigenvalue weighted by Crippen LogP contribution is 2.32. The van der Waals surface area contributed by atoms with E-state index in [2.05, 4.69) is 13.2 Å². The minimum atomic E-state index is -2.95. The van der Waals surface area contributed by atoms with Crippen LogP contribution in [0, 0.1) is 0 Å². The van der Waals surface area contributed by atoms with Gasteiger partial charge in [0.05, 0.1) is 5.50 Å². The van der Waals surface area contributed by atoms with Crippen LogP contribution in [0.25, 0.3) is 0 Å². The summed E-state index contributed by atoms with van der Waals surface area (Å²) in [5, 5.41) is 0. The Morgan fingerprint density at radius 1 is 1.22 bits per heavy atom. The minimum absolute atomic E-state index is 0.0195. The van der Waals surface area contributed by atoms with Crippen LogP contribution in [0.2, 0.25) is 0 Å². The van der Waals surface area contributed by atoms with E-state index < -0.39 is 20.3 Å². The Kier molecular flexibility index (Phi) is 7.78. The summed E-state index contributed by atoms with van der Waals surface area (Å²) in [6, 6.07) is 9.65. The van der Waals surface area contributed by atoms with Gasteiger partial charge in [-0.2, -0.15) is 0 Å². The average Bonchev–Trinajstić information content (AvgIpc) is 2.60. The van der Waals surface area contributed by atoms with E-state index in [1.165, 1.54) is 0 Å². The van der Waals surface area contributed by atoms with Crippen LogP contribution in [0.5, 0.6) is 0 Å². The molecule has 1 aromatic rings. The molecule has 0 saturated heterocycles. The molecule has 0 spiro atoms. The lowest BCUT2D eigenvalue weighted by Gasteiger charge is -2.35. The fraction of sp³-hybridized carbons (Fsp3) is 0.294. The summed E-state index contributed by atoms with van der Waals surface area (Å²) in [6.07, 6.45) is 2.86. The highest BCUT2D eigenvalue weighted by Gasteiger charge is 2.47. The Hall–Kier alpha value is -1.85. The molecule has 0 heterocycles. The van der Waals surface area contributed by atoms with Crippen molar-refractivity contribution >= 4 is 31.9 Å². The standard InChI is InChI=1S/C17H21ClO4Si/c1-4-15(14-10-8-7-9-11-14)23(12-18,22-17(20)6-3)13-21-16(19)5-2/h5-11,15H,2-4,12-13H2,1H3. The van der Waals surface area contributed by atoms with Gasteiger partial charge in [0.1, 0.15) is 6.23 Å². The Labute approximate surface area is 142 Å². The molecule has 124 valence electrons. The Morgan fingerprint density at radius 2 is 1.83 bits per heavy atom. The van der Waals surface area contributed by atoms with Gasteiger partial charge in [-0.1, -0.05) is 50.4 Å². The molecule has 0 aliphatic carbocycles. The summed E-state index contributed by atoms with van der Waals surface area (Å²) in [7, 11) is -2.95. The third-order valence-corrected chi connectivity index (χ3v) is 8.63. The number of hydrogen-bond acceptors (Lipinski definition) is 4. The maximum Gasteiger partial charge on any atom is 0.329 e. The van der Waals surface area contributed by atoms with Crippen LogP contribution in [0.3, 0.4) is 0 Å². The normalized spacial score (nSPS) is 14.2. The van der Waals surface area contributed by atoms with E-state index in [0.29, 0.717) is 6.42 Å². The number of benzene rings is 1. The van der Waals surface area contributed by atoms with Crippen molar-refractivity contribution in [2.45, 2.75) is 18.9 Å². The zero-order chi connectivity index (χ0) is 17.3. The Balaban J connectivity index is 3.21. The minimum Gasteiger partial charge on any atom is -0.511 e. The highest BCUT2D eigenvalue weighted by molar-refractivity contribution is 6.82. The summed E-state index contributed by atoms with van der Waals surface area (Å²) in [4.78, 5) is 23.3. The van der Waals surface area contributed by atoms with Crippen molar-refractivity contribution in [3.05, 3.63) is 61.2 Å². The number of carbonyl (C=O) groups is 2. The summed E-state index contributed by atoms with van der Waals surface area (Å²) in [5.41, 5.74) is 1.03. The van der Waals surface area contributed by atoms with Gasteiger partial charge in [-0.3, -0.25) is 0 Å². The zero-order valence-electron chi connectivity index (χ0n) is 13.2. The average molecular weight is 353 g/mol. The van der Waals surface area contributed by atoms with E-state index in [9.17, 15) is 9.59 Å². The van der Waals surface area contributed by atoms with Gasteiger partial charge in [0, 0.05) is 17.7 Å². The second-order valence-electron chi connectivity index (χ2n) is 5.01. The van der Waals surface area contributed by atoms with Gasteiger partial charge in [0.25, 0.3) is 0 Å². The highest BCUT2D eigenvalue weighted by atomic mass is 35.5. The molecule has 0 aliphatic rings. The summed E-state index contributed by atoms with van der Waals surface area (Å²) < 4.78 is 10.9. The molecular weight excluding hydrogens is 332 g/mol. The van der Waals surface area contributed by atoms with Gasteiger partial charge in [-0.15, -0.1) is 11.6 Å². The van der Waals surface area contributed by atoms with E-state index in [0.717, 1.165) is 17.7 Å². The van der Waals surface area contributed by atoms with E-state index in [1.54, 1.807) is 0 Å². The van der Waals surface area contributed by atoms with E-state index in [1.807, 2.05) is 37.3 Å². The lowest BCUT2D eigenvalue weighted by atomic mass is 10.1. The number of esters is 1.